The van der Waals surface area contributed by atoms with Crippen LogP contribution in [0.5, 0.6) is 23.3 Å². The van der Waals surface area contributed by atoms with Crippen LogP contribution in [-0.2, 0) is 0 Å². The van der Waals surface area contributed by atoms with Gasteiger partial charge >= 0.3 is 0 Å². The molecule has 0 spiro atoms. The molecule has 0 N–H and O–H groups in total. The first-order chi connectivity index (χ1) is 10.8. The van der Waals surface area contributed by atoms with Gasteiger partial charge in [0.2, 0.25) is 11.8 Å². The van der Waals surface area contributed by atoms with E-state index in [-0.39, 0.29) is 0 Å². The Morgan fingerprint density at radius 1 is 0.773 bits per heavy atom. The quantitative estimate of drug-likeness (QED) is 0.658. The van der Waals surface area contributed by atoms with E-state index in [1.165, 1.54) is 0 Å². The van der Waals surface area contributed by atoms with Gasteiger partial charge in [-0.1, -0.05) is 12.1 Å². The molecule has 5 nitrogen and oxygen atoms in total. The minimum absolute atomic E-state index is 0.416. The van der Waals surface area contributed by atoms with Crippen LogP contribution < -0.4 is 9.47 Å². The molecule has 2 aromatic heterocycles. The van der Waals surface area contributed by atoms with Gasteiger partial charge < -0.3 is 9.47 Å². The highest BCUT2D eigenvalue weighted by Gasteiger charge is 2.06. The molecule has 0 atom stereocenters. The molecule has 0 unspecified atom stereocenters. The third-order valence-electron chi connectivity index (χ3n) is 2.71. The summed E-state index contributed by atoms with van der Waals surface area (Å²) in [7, 11) is 0. The topological polar surface area (TPSA) is 48.6 Å². The van der Waals surface area contributed by atoms with Gasteiger partial charge in [0.25, 0.3) is 0 Å². The largest absolute Gasteiger partial charge is 0.440 e. The predicted octanol–water partition coefficient (Wildman–Crippen LogP) is 4.61. The average molecular weight is 289 g/mol. The van der Waals surface area contributed by atoms with Gasteiger partial charge in [-0.2, -0.15) is 0 Å². The molecule has 0 bridgehead atoms. The van der Waals surface area contributed by atoms with Crippen molar-refractivity contribution in [1.29, 1.82) is 0 Å². The fourth-order valence-corrected chi connectivity index (χ4v) is 1.80. The summed E-state index contributed by atoms with van der Waals surface area (Å²) in [6.07, 6.45) is 3.28. The monoisotopic (exact) mass is 289 g/mol. The maximum absolute atomic E-state index is 7.18. The van der Waals surface area contributed by atoms with Gasteiger partial charge in [0, 0.05) is 30.6 Å². The lowest BCUT2D eigenvalue weighted by Gasteiger charge is -2.09. The smallest absolute Gasteiger partial charge is 0.219 e. The maximum Gasteiger partial charge on any atom is 0.219 e. The van der Waals surface area contributed by atoms with E-state index in [1.807, 2.05) is 12.1 Å². The van der Waals surface area contributed by atoms with Crippen LogP contribution in [0.4, 0.5) is 5.69 Å². The highest BCUT2D eigenvalue weighted by molar-refractivity contribution is 5.55. The number of rotatable bonds is 4. The van der Waals surface area contributed by atoms with E-state index in [1.54, 1.807) is 54.9 Å². The molecule has 0 saturated carbocycles. The third-order valence-corrected chi connectivity index (χ3v) is 2.71. The summed E-state index contributed by atoms with van der Waals surface area (Å²) in [4.78, 5) is 11.6. The van der Waals surface area contributed by atoms with Crippen molar-refractivity contribution in [1.82, 2.24) is 9.97 Å². The van der Waals surface area contributed by atoms with Crippen molar-refractivity contribution in [2.24, 2.45) is 0 Å². The van der Waals surface area contributed by atoms with Crippen molar-refractivity contribution in [2.45, 2.75) is 0 Å². The zero-order valence-corrected chi connectivity index (χ0v) is 11.5. The van der Waals surface area contributed by atoms with Crippen molar-refractivity contribution in [3.63, 3.8) is 0 Å². The first kappa shape index (κ1) is 13.6. The molecule has 0 amide bonds. The second-order valence-corrected chi connectivity index (χ2v) is 4.31. The van der Waals surface area contributed by atoms with Crippen LogP contribution in [0.1, 0.15) is 0 Å². The summed E-state index contributed by atoms with van der Waals surface area (Å²) in [5.41, 5.74) is 0.416. The second kappa shape index (κ2) is 6.37. The molecule has 3 aromatic rings. The van der Waals surface area contributed by atoms with E-state index in [0.29, 0.717) is 28.9 Å². The Bertz CT molecular complexity index is 739. The molecule has 0 fully saturated rings. The van der Waals surface area contributed by atoms with E-state index in [2.05, 4.69) is 14.8 Å². The van der Waals surface area contributed by atoms with Gasteiger partial charge in [-0.15, -0.1) is 0 Å². The maximum atomic E-state index is 7.18. The zero-order valence-electron chi connectivity index (χ0n) is 11.5. The summed E-state index contributed by atoms with van der Waals surface area (Å²) < 4.78 is 11.3. The molecular formula is C17H11N3O2. The number of pyridine rings is 2. The summed E-state index contributed by atoms with van der Waals surface area (Å²) in [5.74, 6) is 1.87. The van der Waals surface area contributed by atoms with Gasteiger partial charge in [-0.25, -0.2) is 14.8 Å². The Morgan fingerprint density at radius 2 is 1.32 bits per heavy atom. The van der Waals surface area contributed by atoms with Crippen LogP contribution in [0, 0.1) is 6.57 Å². The predicted molar refractivity (Wildman–Crippen MR) is 81.3 cm³/mol. The van der Waals surface area contributed by atoms with E-state index in [9.17, 15) is 0 Å². The Hall–Kier alpha value is -3.39. The Balaban J connectivity index is 1.88. The van der Waals surface area contributed by atoms with Gasteiger partial charge in [0.1, 0.15) is 11.5 Å². The van der Waals surface area contributed by atoms with Crippen LogP contribution in [-0.4, -0.2) is 9.97 Å². The summed E-state index contributed by atoms with van der Waals surface area (Å²) in [6.45, 7) is 7.18. The molecule has 1 aromatic carbocycles. The average Bonchev–Trinajstić information content (AvgIpc) is 2.56. The van der Waals surface area contributed by atoms with Gasteiger partial charge in [-0.05, 0) is 24.3 Å². The molecule has 22 heavy (non-hydrogen) atoms. The lowest BCUT2D eigenvalue weighted by molar-refractivity contribution is 0.442. The number of ether oxygens (including phenoxy) is 2. The van der Waals surface area contributed by atoms with Crippen LogP contribution in [0.25, 0.3) is 4.85 Å². The number of hydrogen-bond acceptors (Lipinski definition) is 4. The van der Waals surface area contributed by atoms with Gasteiger partial charge in [-0.3, -0.25) is 0 Å². The van der Waals surface area contributed by atoms with Crippen LogP contribution in [0.15, 0.2) is 67.0 Å². The lowest BCUT2D eigenvalue weighted by Crippen LogP contribution is -1.90. The molecule has 0 aliphatic heterocycles. The van der Waals surface area contributed by atoms with Crippen molar-refractivity contribution >= 4 is 5.69 Å². The van der Waals surface area contributed by atoms with Gasteiger partial charge in [0.05, 0.1) is 6.57 Å². The minimum Gasteiger partial charge on any atom is -0.440 e. The fourth-order valence-electron chi connectivity index (χ4n) is 1.80. The zero-order chi connectivity index (χ0) is 15.2. The molecule has 0 aliphatic rings. The normalized spacial score (nSPS) is 9.77. The van der Waals surface area contributed by atoms with Crippen molar-refractivity contribution < 1.29 is 9.47 Å². The molecule has 0 saturated heterocycles. The van der Waals surface area contributed by atoms with Crippen LogP contribution in [0.2, 0.25) is 0 Å². The Morgan fingerprint density at radius 3 is 1.73 bits per heavy atom. The number of aromatic nitrogens is 2. The van der Waals surface area contributed by atoms with Crippen molar-refractivity contribution in [2.75, 3.05) is 0 Å². The van der Waals surface area contributed by atoms with Crippen molar-refractivity contribution in [3.8, 4) is 23.3 Å². The van der Waals surface area contributed by atoms with E-state index in [4.69, 9.17) is 16.0 Å². The fraction of sp³-hybridized carbons (Fsp3) is 0. The van der Waals surface area contributed by atoms with E-state index >= 15 is 0 Å². The van der Waals surface area contributed by atoms with Gasteiger partial charge in [0.15, 0.2) is 5.69 Å². The Kier molecular flexibility index (Phi) is 3.94. The molecular weight excluding hydrogens is 278 g/mol. The first-order valence-electron chi connectivity index (χ1n) is 6.54. The SMILES string of the molecule is [C-]#[N+]c1cc(Oc2ccccn2)cc(Oc2ccccn2)c1. The standard InChI is InChI=1S/C17H11N3O2/c1-18-13-10-14(21-16-6-2-4-8-19-16)12-15(11-13)22-17-7-3-5-9-20-17/h2-12H. The first-order valence-corrected chi connectivity index (χ1v) is 6.54. The number of nitrogens with zero attached hydrogens (tertiary/aromatic N) is 3. The van der Waals surface area contributed by atoms with E-state index in [0.717, 1.165) is 0 Å². The van der Waals surface area contributed by atoms with Crippen LogP contribution in [0.3, 0.4) is 0 Å². The molecule has 106 valence electrons. The second-order valence-electron chi connectivity index (χ2n) is 4.31. The molecule has 0 aliphatic carbocycles. The molecule has 3 rings (SSSR count). The molecule has 0 radical (unpaired) electrons. The van der Waals surface area contributed by atoms with E-state index < -0.39 is 0 Å². The molecule has 2 heterocycles. The Labute approximate surface area is 127 Å². The summed E-state index contributed by atoms with van der Waals surface area (Å²) in [6, 6.07) is 15.7. The highest BCUT2D eigenvalue weighted by Crippen LogP contribution is 2.32. The number of hydrogen-bond donors (Lipinski definition) is 0. The lowest BCUT2D eigenvalue weighted by atomic mass is 10.3. The van der Waals surface area contributed by atoms with Crippen molar-refractivity contribution in [3.05, 3.63) is 78.4 Å². The minimum atomic E-state index is 0.416. The third kappa shape index (κ3) is 3.38. The summed E-state index contributed by atoms with van der Waals surface area (Å²) in [5, 5.41) is 0. The van der Waals surface area contributed by atoms with Crippen LogP contribution >= 0.6 is 0 Å². The number of benzene rings is 1. The molecule has 5 heteroatoms. The highest BCUT2D eigenvalue weighted by atomic mass is 16.5. The summed E-state index contributed by atoms with van der Waals surface area (Å²) >= 11 is 0.